The van der Waals surface area contributed by atoms with Gasteiger partial charge in [-0.25, -0.2) is 9.97 Å². The van der Waals surface area contributed by atoms with Crippen LogP contribution >= 0.6 is 0 Å². The van der Waals surface area contributed by atoms with Gasteiger partial charge in [0, 0.05) is 12.1 Å². The van der Waals surface area contributed by atoms with Crippen LogP contribution in [0.25, 0.3) is 5.52 Å². The Hall–Kier alpha value is -1.95. The van der Waals surface area contributed by atoms with E-state index in [0.717, 1.165) is 24.4 Å². The van der Waals surface area contributed by atoms with Crippen LogP contribution in [0, 0.1) is 5.92 Å². The summed E-state index contributed by atoms with van der Waals surface area (Å²) in [5, 5.41) is 6.53. The van der Waals surface area contributed by atoms with Crippen LogP contribution in [0.1, 0.15) is 23.3 Å². The standard InChI is InChI=1S/C13H15N5O/c19-13(17-11-2-8-1-10(11)15-4-8)12-3-9-5-14-6-18(9)7-16-12/h3,5-8,10-11,15H,1-2,4H2,(H,17,19). The fourth-order valence-corrected chi connectivity index (χ4v) is 3.20. The zero-order chi connectivity index (χ0) is 12.8. The first-order valence-corrected chi connectivity index (χ1v) is 6.61. The van der Waals surface area contributed by atoms with Crippen LogP contribution in [0.4, 0.5) is 0 Å². The van der Waals surface area contributed by atoms with E-state index in [0.29, 0.717) is 11.7 Å². The van der Waals surface area contributed by atoms with Crippen LogP contribution in [-0.4, -0.2) is 38.9 Å². The lowest BCUT2D eigenvalue weighted by molar-refractivity contribution is 0.0923. The van der Waals surface area contributed by atoms with E-state index in [4.69, 9.17) is 0 Å². The number of hydrogen-bond donors (Lipinski definition) is 2. The van der Waals surface area contributed by atoms with Gasteiger partial charge in [-0.3, -0.25) is 9.20 Å². The summed E-state index contributed by atoms with van der Waals surface area (Å²) in [5.74, 6) is 0.628. The zero-order valence-electron chi connectivity index (χ0n) is 10.4. The highest BCUT2D eigenvalue weighted by Gasteiger charge is 2.40. The summed E-state index contributed by atoms with van der Waals surface area (Å²) in [6.07, 6.45) is 7.27. The summed E-state index contributed by atoms with van der Waals surface area (Å²) < 4.78 is 1.79. The molecule has 2 fully saturated rings. The summed E-state index contributed by atoms with van der Waals surface area (Å²) in [5.41, 5.74) is 1.34. The van der Waals surface area contributed by atoms with Gasteiger partial charge < -0.3 is 10.6 Å². The van der Waals surface area contributed by atoms with Crippen molar-refractivity contribution in [2.75, 3.05) is 6.54 Å². The molecule has 0 radical (unpaired) electrons. The molecule has 1 saturated heterocycles. The number of nitrogens with zero attached hydrogens (tertiary/aromatic N) is 3. The number of amides is 1. The molecule has 2 aliphatic rings. The maximum absolute atomic E-state index is 12.2. The highest BCUT2D eigenvalue weighted by molar-refractivity contribution is 5.93. The summed E-state index contributed by atoms with van der Waals surface area (Å²) >= 11 is 0. The largest absolute Gasteiger partial charge is 0.346 e. The number of carbonyl (C=O) groups is 1. The molecule has 2 aromatic heterocycles. The summed E-state index contributed by atoms with van der Waals surface area (Å²) in [6, 6.07) is 2.45. The van der Waals surface area contributed by atoms with Crippen molar-refractivity contribution in [3.05, 3.63) is 30.6 Å². The van der Waals surface area contributed by atoms with E-state index in [9.17, 15) is 4.79 Å². The Labute approximate surface area is 110 Å². The highest BCUT2D eigenvalue weighted by atomic mass is 16.2. The van der Waals surface area contributed by atoms with Gasteiger partial charge in [0.05, 0.1) is 11.7 Å². The number of hydrogen-bond acceptors (Lipinski definition) is 4. The van der Waals surface area contributed by atoms with Gasteiger partial charge in [0.15, 0.2) is 0 Å². The fourth-order valence-electron chi connectivity index (χ4n) is 3.20. The van der Waals surface area contributed by atoms with Gasteiger partial charge >= 0.3 is 0 Å². The Morgan fingerprint density at radius 2 is 2.37 bits per heavy atom. The van der Waals surface area contributed by atoms with Crippen molar-refractivity contribution in [1.82, 2.24) is 25.0 Å². The van der Waals surface area contributed by atoms with Gasteiger partial charge in [-0.05, 0) is 31.4 Å². The van der Waals surface area contributed by atoms with E-state index in [2.05, 4.69) is 20.6 Å². The highest BCUT2D eigenvalue weighted by Crippen LogP contribution is 2.31. The van der Waals surface area contributed by atoms with Gasteiger partial charge in [-0.15, -0.1) is 0 Å². The number of imidazole rings is 1. The van der Waals surface area contributed by atoms with Crippen molar-refractivity contribution in [2.45, 2.75) is 24.9 Å². The number of aromatic nitrogens is 3. The molecule has 3 unspecified atom stereocenters. The molecule has 3 heterocycles. The summed E-state index contributed by atoms with van der Waals surface area (Å²) in [7, 11) is 0. The van der Waals surface area contributed by atoms with E-state index in [-0.39, 0.29) is 11.9 Å². The van der Waals surface area contributed by atoms with Crippen molar-refractivity contribution >= 4 is 11.4 Å². The molecule has 19 heavy (non-hydrogen) atoms. The van der Waals surface area contributed by atoms with Gasteiger partial charge in [-0.2, -0.15) is 0 Å². The van der Waals surface area contributed by atoms with E-state index in [1.165, 1.54) is 6.42 Å². The van der Waals surface area contributed by atoms with Gasteiger partial charge in [0.25, 0.3) is 5.91 Å². The van der Waals surface area contributed by atoms with Gasteiger partial charge in [0.2, 0.25) is 0 Å². The normalized spacial score (nSPS) is 28.9. The minimum absolute atomic E-state index is 0.0944. The Morgan fingerprint density at radius 3 is 3.16 bits per heavy atom. The van der Waals surface area contributed by atoms with Crippen LogP contribution in [-0.2, 0) is 0 Å². The second-order valence-corrected chi connectivity index (χ2v) is 5.43. The molecule has 1 saturated carbocycles. The van der Waals surface area contributed by atoms with Crippen molar-refractivity contribution in [2.24, 2.45) is 5.92 Å². The molecule has 0 spiro atoms. The smallest absolute Gasteiger partial charge is 0.270 e. The first kappa shape index (κ1) is 10.9. The SMILES string of the molecule is O=C(NC1CC2CNC1C2)c1cc2cncn2cn1. The van der Waals surface area contributed by atoms with Crippen molar-refractivity contribution in [3.63, 3.8) is 0 Å². The molecule has 6 nitrogen and oxygen atoms in total. The van der Waals surface area contributed by atoms with Crippen molar-refractivity contribution < 1.29 is 4.79 Å². The molecule has 98 valence electrons. The zero-order valence-corrected chi connectivity index (χ0v) is 10.4. The van der Waals surface area contributed by atoms with Crippen LogP contribution in [0.5, 0.6) is 0 Å². The molecule has 2 aromatic rings. The predicted octanol–water partition coefficient (Wildman–Crippen LogP) is 0.209. The van der Waals surface area contributed by atoms with Crippen LogP contribution in [0.2, 0.25) is 0 Å². The molecular weight excluding hydrogens is 242 g/mol. The maximum atomic E-state index is 12.2. The minimum atomic E-state index is -0.0944. The van der Waals surface area contributed by atoms with E-state index < -0.39 is 0 Å². The quantitative estimate of drug-likeness (QED) is 0.807. The topological polar surface area (TPSA) is 71.3 Å². The number of piperidine rings is 1. The Bertz CT molecular complexity index is 637. The third-order valence-corrected chi connectivity index (χ3v) is 4.18. The number of nitrogens with one attached hydrogen (secondary N) is 2. The molecule has 2 bridgehead atoms. The lowest BCUT2D eigenvalue weighted by Gasteiger charge is -2.23. The average molecular weight is 257 g/mol. The predicted molar refractivity (Wildman–Crippen MR) is 68.8 cm³/mol. The van der Waals surface area contributed by atoms with Gasteiger partial charge in [-0.1, -0.05) is 0 Å². The Balaban J connectivity index is 1.53. The maximum Gasteiger partial charge on any atom is 0.270 e. The van der Waals surface area contributed by atoms with Crippen LogP contribution in [0.15, 0.2) is 24.9 Å². The second-order valence-electron chi connectivity index (χ2n) is 5.43. The van der Waals surface area contributed by atoms with Gasteiger partial charge in [0.1, 0.15) is 18.3 Å². The van der Waals surface area contributed by atoms with E-state index in [1.54, 1.807) is 29.3 Å². The third-order valence-electron chi connectivity index (χ3n) is 4.18. The molecule has 0 aromatic carbocycles. The molecule has 6 heteroatoms. The van der Waals surface area contributed by atoms with E-state index in [1.807, 2.05) is 0 Å². The monoisotopic (exact) mass is 257 g/mol. The summed E-state index contributed by atoms with van der Waals surface area (Å²) in [4.78, 5) is 20.4. The molecule has 1 aliphatic heterocycles. The molecule has 1 aliphatic carbocycles. The van der Waals surface area contributed by atoms with Crippen LogP contribution < -0.4 is 10.6 Å². The molecule has 2 N–H and O–H groups in total. The minimum Gasteiger partial charge on any atom is -0.346 e. The molecule has 3 atom stereocenters. The first-order valence-electron chi connectivity index (χ1n) is 6.61. The van der Waals surface area contributed by atoms with Crippen molar-refractivity contribution in [3.8, 4) is 0 Å². The lowest BCUT2D eigenvalue weighted by atomic mass is 10.1. The van der Waals surface area contributed by atoms with E-state index >= 15 is 0 Å². The lowest BCUT2D eigenvalue weighted by Crippen LogP contribution is -2.48. The molecular formula is C13H15N5O. The number of fused-ring (bicyclic) bond motifs is 3. The first-order chi connectivity index (χ1) is 9.29. The fraction of sp³-hybridized carbons (Fsp3) is 0.462. The third kappa shape index (κ3) is 1.79. The number of carbonyl (C=O) groups excluding carboxylic acids is 1. The number of rotatable bonds is 2. The molecule has 4 rings (SSSR count). The van der Waals surface area contributed by atoms with Crippen LogP contribution in [0.3, 0.4) is 0 Å². The Morgan fingerprint density at radius 1 is 1.42 bits per heavy atom. The molecule has 1 amide bonds. The average Bonchev–Trinajstić information content (AvgIpc) is 3.13. The van der Waals surface area contributed by atoms with Crippen molar-refractivity contribution in [1.29, 1.82) is 0 Å². The second kappa shape index (κ2) is 4.03. The Kier molecular flexibility index (Phi) is 2.32. The summed E-state index contributed by atoms with van der Waals surface area (Å²) in [6.45, 7) is 1.09.